The van der Waals surface area contributed by atoms with Gasteiger partial charge in [-0.1, -0.05) is 23.7 Å². The molecule has 2 heterocycles. The average molecular weight is 370 g/mol. The second-order valence-electron chi connectivity index (χ2n) is 5.91. The number of ether oxygens (including phenoxy) is 3. The van der Waals surface area contributed by atoms with Crippen LogP contribution in [0.5, 0.6) is 11.5 Å². The third kappa shape index (κ3) is 3.53. The van der Waals surface area contributed by atoms with Crippen molar-refractivity contribution in [2.75, 3.05) is 6.79 Å². The van der Waals surface area contributed by atoms with Crippen LogP contribution in [-0.4, -0.2) is 17.3 Å². The van der Waals surface area contributed by atoms with Crippen molar-refractivity contribution in [3.63, 3.8) is 0 Å². The first-order valence-corrected chi connectivity index (χ1v) is 8.53. The lowest BCUT2D eigenvalue weighted by molar-refractivity contribution is -0.144. The summed E-state index contributed by atoms with van der Waals surface area (Å²) in [4.78, 5) is 12.1. The number of rotatable bonds is 5. The van der Waals surface area contributed by atoms with Gasteiger partial charge < -0.3 is 18.8 Å². The average Bonchev–Trinajstić information content (AvgIpc) is 3.32. The smallest absolute Gasteiger partial charge is 0.310 e. The first kappa shape index (κ1) is 16.5. The molecule has 0 unspecified atom stereocenters. The van der Waals surface area contributed by atoms with E-state index in [1.165, 1.54) is 0 Å². The summed E-state index contributed by atoms with van der Waals surface area (Å²) in [6.45, 7) is 0.286. The maximum absolute atomic E-state index is 12.1. The molecule has 0 fully saturated rings. The maximum atomic E-state index is 12.1. The van der Waals surface area contributed by atoms with Crippen molar-refractivity contribution >= 4 is 17.6 Å². The summed E-state index contributed by atoms with van der Waals surface area (Å²) in [5.41, 5.74) is 2.70. The summed E-state index contributed by atoms with van der Waals surface area (Å²) in [5, 5.41) is 0.451. The molecule has 6 heteroatoms. The Labute approximate surface area is 155 Å². The van der Waals surface area contributed by atoms with Gasteiger partial charge in [-0.2, -0.15) is 0 Å². The lowest BCUT2D eigenvalue weighted by Gasteiger charge is -2.08. The topological polar surface area (TPSA) is 49.7 Å². The fourth-order valence-electron chi connectivity index (χ4n) is 2.78. The monoisotopic (exact) mass is 369 g/mol. The third-order valence-electron chi connectivity index (χ3n) is 4.07. The minimum atomic E-state index is -0.299. The van der Waals surface area contributed by atoms with Crippen molar-refractivity contribution in [2.45, 2.75) is 13.0 Å². The Hall–Kier alpha value is -2.92. The normalized spacial score (nSPS) is 12.2. The van der Waals surface area contributed by atoms with Crippen molar-refractivity contribution in [3.05, 3.63) is 77.1 Å². The highest BCUT2D eigenvalue weighted by Crippen LogP contribution is 2.39. The van der Waals surface area contributed by atoms with Gasteiger partial charge in [0.25, 0.3) is 0 Å². The van der Waals surface area contributed by atoms with Crippen molar-refractivity contribution in [2.24, 2.45) is 0 Å². The molecule has 4 rings (SSSR count). The van der Waals surface area contributed by atoms with Crippen molar-refractivity contribution in [1.82, 2.24) is 4.57 Å². The molecule has 3 aromatic rings. The van der Waals surface area contributed by atoms with Crippen LogP contribution < -0.4 is 9.47 Å². The van der Waals surface area contributed by atoms with Crippen LogP contribution in [0.25, 0.3) is 5.69 Å². The summed E-state index contributed by atoms with van der Waals surface area (Å²) in [5.74, 6) is 0.807. The molecule has 0 radical (unpaired) electrons. The zero-order chi connectivity index (χ0) is 17.9. The van der Waals surface area contributed by atoms with E-state index < -0.39 is 0 Å². The van der Waals surface area contributed by atoms with E-state index in [0.29, 0.717) is 16.5 Å². The van der Waals surface area contributed by atoms with Gasteiger partial charge in [-0.25, -0.2) is 0 Å². The molecule has 132 valence electrons. The summed E-state index contributed by atoms with van der Waals surface area (Å²) >= 11 is 6.13. The molecular formula is C20H16ClNO4. The molecular weight excluding hydrogens is 354 g/mol. The molecule has 0 bridgehead atoms. The Morgan fingerprint density at radius 3 is 2.62 bits per heavy atom. The van der Waals surface area contributed by atoms with Crippen LogP contribution in [0.15, 0.2) is 60.9 Å². The van der Waals surface area contributed by atoms with E-state index in [2.05, 4.69) is 0 Å². The van der Waals surface area contributed by atoms with Gasteiger partial charge in [0, 0.05) is 18.1 Å². The van der Waals surface area contributed by atoms with E-state index in [4.69, 9.17) is 25.8 Å². The standard InChI is InChI=1S/C20H16ClNO4/c21-17-9-15(10-18-20(17)26-13-25-18)12-24-19(23)11-14-3-5-16(6-4-14)22-7-1-2-8-22/h1-10H,11-13H2. The van der Waals surface area contributed by atoms with Gasteiger partial charge in [0.2, 0.25) is 6.79 Å². The third-order valence-corrected chi connectivity index (χ3v) is 4.35. The molecule has 0 saturated heterocycles. The highest BCUT2D eigenvalue weighted by atomic mass is 35.5. The molecule has 1 aliphatic rings. The van der Waals surface area contributed by atoms with E-state index in [9.17, 15) is 4.79 Å². The summed E-state index contributed by atoms with van der Waals surface area (Å²) in [7, 11) is 0. The Morgan fingerprint density at radius 2 is 1.85 bits per heavy atom. The zero-order valence-corrected chi connectivity index (χ0v) is 14.6. The fourth-order valence-corrected chi connectivity index (χ4v) is 3.07. The lowest BCUT2D eigenvalue weighted by atomic mass is 10.1. The Balaban J connectivity index is 1.35. The quantitative estimate of drug-likeness (QED) is 0.634. The number of fused-ring (bicyclic) bond motifs is 1. The second kappa shape index (κ2) is 7.14. The van der Waals surface area contributed by atoms with Crippen LogP contribution in [0.1, 0.15) is 11.1 Å². The Morgan fingerprint density at radius 1 is 1.08 bits per heavy atom. The Kier molecular flexibility index (Phi) is 4.54. The van der Waals surface area contributed by atoms with Gasteiger partial charge in [-0.15, -0.1) is 0 Å². The highest BCUT2D eigenvalue weighted by Gasteiger charge is 2.18. The van der Waals surface area contributed by atoms with Gasteiger partial charge in [0.15, 0.2) is 11.5 Å². The minimum Gasteiger partial charge on any atom is -0.461 e. The summed E-state index contributed by atoms with van der Waals surface area (Å²) in [6.07, 6.45) is 4.16. The zero-order valence-electron chi connectivity index (χ0n) is 13.9. The molecule has 1 aromatic heterocycles. The molecule has 0 saturated carbocycles. The van der Waals surface area contributed by atoms with Crippen molar-refractivity contribution in [3.8, 4) is 17.2 Å². The number of carbonyl (C=O) groups excluding carboxylic acids is 1. The molecule has 0 aliphatic carbocycles. The molecule has 1 aliphatic heterocycles. The van der Waals surface area contributed by atoms with Crippen LogP contribution in [0.4, 0.5) is 0 Å². The number of aromatic nitrogens is 1. The maximum Gasteiger partial charge on any atom is 0.310 e. The van der Waals surface area contributed by atoms with Crippen molar-refractivity contribution < 1.29 is 19.0 Å². The van der Waals surface area contributed by atoms with Crippen LogP contribution >= 0.6 is 11.6 Å². The Bertz CT molecular complexity index is 920. The van der Waals surface area contributed by atoms with Gasteiger partial charge in [-0.05, 0) is 47.5 Å². The highest BCUT2D eigenvalue weighted by molar-refractivity contribution is 6.32. The summed E-state index contributed by atoms with van der Waals surface area (Å²) in [6, 6.07) is 15.2. The van der Waals surface area contributed by atoms with E-state index in [0.717, 1.165) is 16.8 Å². The second-order valence-corrected chi connectivity index (χ2v) is 6.31. The number of nitrogens with zero attached hydrogens (tertiary/aromatic N) is 1. The van der Waals surface area contributed by atoms with E-state index in [-0.39, 0.29) is 25.8 Å². The van der Waals surface area contributed by atoms with Crippen LogP contribution in [0.2, 0.25) is 5.02 Å². The van der Waals surface area contributed by atoms with Crippen LogP contribution in [0.3, 0.4) is 0 Å². The fraction of sp³-hybridized carbons (Fsp3) is 0.150. The number of esters is 1. The molecule has 2 aromatic carbocycles. The van der Waals surface area contributed by atoms with Crippen molar-refractivity contribution in [1.29, 1.82) is 0 Å². The van der Waals surface area contributed by atoms with E-state index in [1.54, 1.807) is 12.1 Å². The SMILES string of the molecule is O=C(Cc1ccc(-n2cccc2)cc1)OCc1cc(Cl)c2c(c1)OCO2. The van der Waals surface area contributed by atoms with Gasteiger partial charge in [0.1, 0.15) is 6.61 Å². The first-order chi connectivity index (χ1) is 12.7. The number of hydrogen-bond donors (Lipinski definition) is 0. The largest absolute Gasteiger partial charge is 0.461 e. The summed E-state index contributed by atoms with van der Waals surface area (Å²) < 4.78 is 17.9. The predicted molar refractivity (Wildman–Crippen MR) is 96.8 cm³/mol. The molecule has 0 spiro atoms. The molecule has 0 amide bonds. The number of halogens is 1. The van der Waals surface area contributed by atoms with Crippen LogP contribution in [-0.2, 0) is 22.6 Å². The van der Waals surface area contributed by atoms with Gasteiger partial charge in [-0.3, -0.25) is 4.79 Å². The molecule has 0 atom stereocenters. The predicted octanol–water partition coefficient (Wildman–Crippen LogP) is 4.15. The molecule has 0 N–H and O–H groups in total. The van der Waals surface area contributed by atoms with Gasteiger partial charge in [0.05, 0.1) is 11.4 Å². The minimum absolute atomic E-state index is 0.136. The van der Waals surface area contributed by atoms with Gasteiger partial charge >= 0.3 is 5.97 Å². The van der Waals surface area contributed by atoms with E-state index >= 15 is 0 Å². The number of hydrogen-bond acceptors (Lipinski definition) is 4. The number of benzene rings is 2. The number of carbonyl (C=O) groups is 1. The van der Waals surface area contributed by atoms with Crippen LogP contribution in [0, 0.1) is 0 Å². The lowest BCUT2D eigenvalue weighted by Crippen LogP contribution is -2.08. The van der Waals surface area contributed by atoms with E-state index in [1.807, 2.05) is 53.4 Å². The molecule has 26 heavy (non-hydrogen) atoms. The first-order valence-electron chi connectivity index (χ1n) is 8.15. The molecule has 5 nitrogen and oxygen atoms in total.